The van der Waals surface area contributed by atoms with Gasteiger partial charge in [-0.15, -0.1) is 0 Å². The van der Waals surface area contributed by atoms with Crippen molar-refractivity contribution in [2.75, 3.05) is 6.61 Å². The highest BCUT2D eigenvalue weighted by Gasteiger charge is 2.27. The van der Waals surface area contributed by atoms with Crippen LogP contribution in [0.4, 0.5) is 0 Å². The predicted molar refractivity (Wildman–Crippen MR) is 126 cm³/mol. The summed E-state index contributed by atoms with van der Waals surface area (Å²) in [5.74, 6) is 2.56. The molecule has 0 radical (unpaired) electrons. The summed E-state index contributed by atoms with van der Waals surface area (Å²) in [4.78, 5) is 9.39. The molecule has 0 unspecified atom stereocenters. The van der Waals surface area contributed by atoms with Crippen molar-refractivity contribution in [3.8, 4) is 17.0 Å². The van der Waals surface area contributed by atoms with E-state index >= 15 is 0 Å². The lowest BCUT2D eigenvalue weighted by Gasteiger charge is -2.26. The minimum Gasteiger partial charge on any atom is -0.489 e. The van der Waals surface area contributed by atoms with E-state index in [0.29, 0.717) is 23.6 Å². The Hall–Kier alpha value is -2.89. The maximum atomic E-state index is 9.49. The Morgan fingerprint density at radius 1 is 1.03 bits per heavy atom. The van der Waals surface area contributed by atoms with Gasteiger partial charge in [-0.3, -0.25) is 4.40 Å². The van der Waals surface area contributed by atoms with E-state index in [-0.39, 0.29) is 6.61 Å². The lowest BCUT2D eigenvalue weighted by Crippen LogP contribution is -2.17. The van der Waals surface area contributed by atoms with E-state index in [4.69, 9.17) is 21.3 Å². The molecule has 0 spiro atoms. The molecule has 0 atom stereocenters. The number of halogens is 1. The SMILES string of the molecule is OC[C@H]1CC[C@H](c2nc(-c3cccc(OCc4ccccc4)c3)c3c(Cl)nccn32)CC1. The first-order valence-corrected chi connectivity index (χ1v) is 11.5. The maximum absolute atomic E-state index is 9.49. The van der Waals surface area contributed by atoms with Crippen LogP contribution in [0.2, 0.25) is 5.15 Å². The van der Waals surface area contributed by atoms with Gasteiger partial charge in [0.1, 0.15) is 23.7 Å². The number of hydrogen-bond donors (Lipinski definition) is 1. The van der Waals surface area contributed by atoms with Gasteiger partial charge >= 0.3 is 0 Å². The van der Waals surface area contributed by atoms with Crippen LogP contribution >= 0.6 is 11.6 Å². The van der Waals surface area contributed by atoms with Crippen LogP contribution in [-0.4, -0.2) is 26.1 Å². The van der Waals surface area contributed by atoms with E-state index in [2.05, 4.69) is 21.5 Å². The largest absolute Gasteiger partial charge is 0.489 e. The number of aromatic nitrogens is 3. The molecule has 2 aromatic carbocycles. The molecule has 0 bridgehead atoms. The fourth-order valence-corrected chi connectivity index (χ4v) is 4.83. The summed E-state index contributed by atoms with van der Waals surface area (Å²) in [5, 5.41) is 9.94. The number of rotatable bonds is 6. The number of imidazole rings is 1. The van der Waals surface area contributed by atoms with Crippen molar-refractivity contribution < 1.29 is 9.84 Å². The van der Waals surface area contributed by atoms with Crippen molar-refractivity contribution in [2.45, 2.75) is 38.2 Å². The average Bonchev–Trinajstić information content (AvgIpc) is 3.25. The summed E-state index contributed by atoms with van der Waals surface area (Å²) < 4.78 is 8.13. The van der Waals surface area contributed by atoms with E-state index in [0.717, 1.165) is 59.6 Å². The van der Waals surface area contributed by atoms with E-state index < -0.39 is 0 Å². The number of aliphatic hydroxyl groups is 1. The van der Waals surface area contributed by atoms with Crippen molar-refractivity contribution in [1.29, 1.82) is 0 Å². The highest BCUT2D eigenvalue weighted by atomic mass is 35.5. The van der Waals surface area contributed by atoms with Crippen molar-refractivity contribution in [2.24, 2.45) is 5.92 Å². The Balaban J connectivity index is 1.48. The normalized spacial score (nSPS) is 18.7. The van der Waals surface area contributed by atoms with Crippen molar-refractivity contribution >= 4 is 17.1 Å². The van der Waals surface area contributed by atoms with Gasteiger partial charge in [-0.1, -0.05) is 54.1 Å². The van der Waals surface area contributed by atoms with Gasteiger partial charge in [-0.2, -0.15) is 0 Å². The third-order valence-electron chi connectivity index (χ3n) is 6.36. The molecular weight excluding hydrogens is 422 g/mol. The minimum atomic E-state index is 0.270. The first-order chi connectivity index (χ1) is 15.7. The Labute approximate surface area is 192 Å². The summed E-state index contributed by atoms with van der Waals surface area (Å²) in [6.07, 6.45) is 7.75. The first kappa shape index (κ1) is 21.0. The molecule has 1 N–H and O–H groups in total. The minimum absolute atomic E-state index is 0.270. The first-order valence-electron chi connectivity index (χ1n) is 11.1. The van der Waals surface area contributed by atoms with Crippen LogP contribution in [0, 0.1) is 5.92 Å². The van der Waals surface area contributed by atoms with Gasteiger partial charge in [0.05, 0.1) is 5.69 Å². The molecule has 2 heterocycles. The molecule has 1 aliphatic rings. The molecule has 1 saturated carbocycles. The lowest BCUT2D eigenvalue weighted by atomic mass is 9.82. The molecule has 0 amide bonds. The molecule has 5 nitrogen and oxygen atoms in total. The second-order valence-electron chi connectivity index (χ2n) is 8.46. The number of benzene rings is 2. The van der Waals surface area contributed by atoms with E-state index in [1.807, 2.05) is 48.7 Å². The highest BCUT2D eigenvalue weighted by Crippen LogP contribution is 2.39. The van der Waals surface area contributed by atoms with E-state index in [1.165, 1.54) is 0 Å². The quantitative estimate of drug-likeness (QED) is 0.400. The molecular formula is C26H26ClN3O2. The summed E-state index contributed by atoms with van der Waals surface area (Å²) in [7, 11) is 0. The van der Waals surface area contributed by atoms with Crippen LogP contribution in [0.5, 0.6) is 5.75 Å². The Morgan fingerprint density at radius 3 is 2.62 bits per heavy atom. The van der Waals surface area contributed by atoms with Crippen LogP contribution in [0.25, 0.3) is 16.8 Å². The monoisotopic (exact) mass is 447 g/mol. The van der Waals surface area contributed by atoms with Gasteiger partial charge in [0.15, 0.2) is 5.15 Å². The molecule has 32 heavy (non-hydrogen) atoms. The molecule has 0 saturated heterocycles. The summed E-state index contributed by atoms with van der Waals surface area (Å²) >= 11 is 6.55. The van der Waals surface area contributed by atoms with Gasteiger partial charge < -0.3 is 9.84 Å². The van der Waals surface area contributed by atoms with Crippen molar-refractivity contribution in [3.05, 3.63) is 83.5 Å². The molecule has 4 aromatic rings. The fourth-order valence-electron chi connectivity index (χ4n) is 4.59. The van der Waals surface area contributed by atoms with Crippen LogP contribution < -0.4 is 4.74 Å². The third-order valence-corrected chi connectivity index (χ3v) is 6.64. The third kappa shape index (κ3) is 4.23. The van der Waals surface area contributed by atoms with Crippen molar-refractivity contribution in [3.63, 3.8) is 0 Å². The van der Waals surface area contributed by atoms with Crippen LogP contribution in [0.1, 0.15) is 43.0 Å². The number of nitrogens with zero attached hydrogens (tertiary/aromatic N) is 3. The molecule has 1 fully saturated rings. The van der Waals surface area contributed by atoms with Crippen LogP contribution in [0.3, 0.4) is 0 Å². The van der Waals surface area contributed by atoms with E-state index in [9.17, 15) is 5.11 Å². The van der Waals surface area contributed by atoms with Gasteiger partial charge in [-0.05, 0) is 49.3 Å². The molecule has 2 aromatic heterocycles. The second-order valence-corrected chi connectivity index (χ2v) is 8.82. The average molecular weight is 448 g/mol. The zero-order chi connectivity index (χ0) is 21.9. The molecule has 0 aliphatic heterocycles. The smallest absolute Gasteiger partial charge is 0.155 e. The summed E-state index contributed by atoms with van der Waals surface area (Å²) in [6, 6.07) is 18.1. The van der Waals surface area contributed by atoms with Crippen LogP contribution in [-0.2, 0) is 6.61 Å². The predicted octanol–water partition coefficient (Wildman–Crippen LogP) is 5.89. The Bertz CT molecular complexity index is 1200. The maximum Gasteiger partial charge on any atom is 0.155 e. The summed E-state index contributed by atoms with van der Waals surface area (Å²) in [5.41, 5.74) is 3.73. The van der Waals surface area contributed by atoms with Crippen LogP contribution in [0.15, 0.2) is 67.0 Å². The molecule has 1 aliphatic carbocycles. The number of aliphatic hydroxyl groups excluding tert-OH is 1. The second kappa shape index (κ2) is 9.31. The van der Waals surface area contributed by atoms with Gasteiger partial charge in [0.25, 0.3) is 0 Å². The number of ether oxygens (including phenoxy) is 1. The lowest BCUT2D eigenvalue weighted by molar-refractivity contribution is 0.181. The zero-order valence-electron chi connectivity index (χ0n) is 17.8. The summed E-state index contributed by atoms with van der Waals surface area (Å²) in [6.45, 7) is 0.779. The number of fused-ring (bicyclic) bond motifs is 1. The fraction of sp³-hybridized carbons (Fsp3) is 0.308. The van der Waals surface area contributed by atoms with E-state index in [1.54, 1.807) is 6.20 Å². The van der Waals surface area contributed by atoms with Gasteiger partial charge in [0.2, 0.25) is 0 Å². The zero-order valence-corrected chi connectivity index (χ0v) is 18.6. The Kier molecular flexibility index (Phi) is 6.10. The topological polar surface area (TPSA) is 59.7 Å². The van der Waals surface area contributed by atoms with Gasteiger partial charge in [-0.25, -0.2) is 9.97 Å². The van der Waals surface area contributed by atoms with Gasteiger partial charge in [0, 0.05) is 30.5 Å². The Morgan fingerprint density at radius 2 is 1.84 bits per heavy atom. The molecule has 164 valence electrons. The number of hydrogen-bond acceptors (Lipinski definition) is 4. The molecule has 6 heteroatoms. The molecule has 5 rings (SSSR count). The highest BCUT2D eigenvalue weighted by molar-refractivity contribution is 6.33. The standard InChI is InChI=1S/C26H26ClN3O2/c27-25-24-23(21-7-4-8-22(15-21)32-17-19-5-2-1-3-6-19)29-26(30(24)14-13-28-25)20-11-9-18(16-31)10-12-20/h1-8,13-15,18,20,31H,9-12,16-17H2/t18-,20-. The van der Waals surface area contributed by atoms with Crippen molar-refractivity contribution in [1.82, 2.24) is 14.4 Å².